The van der Waals surface area contributed by atoms with E-state index in [4.69, 9.17) is 0 Å². The molecular weight excluding hydrogens is 266 g/mol. The highest BCUT2D eigenvalue weighted by molar-refractivity contribution is 5.88. The monoisotopic (exact) mass is 291 g/mol. The van der Waals surface area contributed by atoms with Crippen molar-refractivity contribution in [3.63, 3.8) is 0 Å². The van der Waals surface area contributed by atoms with Crippen LogP contribution in [0.5, 0.6) is 0 Å². The van der Waals surface area contributed by atoms with Crippen LogP contribution in [-0.4, -0.2) is 34.5 Å². The number of hydrogen-bond acceptors (Lipinski definition) is 2. The molecule has 1 heterocycles. The van der Waals surface area contributed by atoms with E-state index in [1.165, 1.54) is 25.7 Å². The van der Waals surface area contributed by atoms with Gasteiger partial charge < -0.3 is 10.0 Å². The van der Waals surface area contributed by atoms with Crippen molar-refractivity contribution >= 4 is 11.9 Å². The topological polar surface area (TPSA) is 57.6 Å². The van der Waals surface area contributed by atoms with Gasteiger partial charge >= 0.3 is 5.97 Å². The number of hydrogen-bond donors (Lipinski definition) is 1. The molecule has 0 aromatic heterocycles. The van der Waals surface area contributed by atoms with Gasteiger partial charge in [0.25, 0.3) is 0 Å². The van der Waals surface area contributed by atoms with Gasteiger partial charge in [0.15, 0.2) is 0 Å². The van der Waals surface area contributed by atoms with Gasteiger partial charge in [-0.1, -0.05) is 12.8 Å². The van der Waals surface area contributed by atoms with Crippen LogP contribution in [0.2, 0.25) is 0 Å². The van der Waals surface area contributed by atoms with E-state index in [0.717, 1.165) is 31.6 Å². The first-order valence-electron chi connectivity index (χ1n) is 8.61. The van der Waals surface area contributed by atoms with E-state index in [1.807, 2.05) is 0 Å². The Bertz CT molecular complexity index is 459. The molecule has 4 saturated carbocycles. The van der Waals surface area contributed by atoms with Crippen LogP contribution in [-0.2, 0) is 9.59 Å². The minimum atomic E-state index is -0.816. The summed E-state index contributed by atoms with van der Waals surface area (Å²) in [6.07, 6.45) is 9.77. The van der Waals surface area contributed by atoms with Crippen molar-refractivity contribution in [1.29, 1.82) is 0 Å². The van der Waals surface area contributed by atoms with E-state index in [-0.39, 0.29) is 11.3 Å². The highest BCUT2D eigenvalue weighted by Crippen LogP contribution is 2.58. The Morgan fingerprint density at radius 3 is 2.19 bits per heavy atom. The first kappa shape index (κ1) is 13.6. The van der Waals surface area contributed by atoms with Crippen LogP contribution >= 0.6 is 0 Å². The third kappa shape index (κ3) is 2.09. The predicted molar refractivity (Wildman–Crippen MR) is 77.6 cm³/mol. The highest BCUT2D eigenvalue weighted by atomic mass is 16.4. The molecule has 1 N–H and O–H groups in total. The number of fused-ring (bicyclic) bond motifs is 1. The molecule has 0 aromatic carbocycles. The van der Waals surface area contributed by atoms with Gasteiger partial charge in [-0.25, -0.2) is 4.79 Å². The van der Waals surface area contributed by atoms with Crippen molar-refractivity contribution in [2.24, 2.45) is 23.2 Å². The van der Waals surface area contributed by atoms with Crippen LogP contribution in [0.25, 0.3) is 0 Å². The summed E-state index contributed by atoms with van der Waals surface area (Å²) in [4.78, 5) is 26.4. The van der Waals surface area contributed by atoms with Gasteiger partial charge in [-0.3, -0.25) is 4.79 Å². The lowest BCUT2D eigenvalue weighted by molar-refractivity contribution is -0.158. The second-order valence-corrected chi connectivity index (χ2v) is 8.03. The lowest BCUT2D eigenvalue weighted by atomic mass is 9.58. The van der Waals surface area contributed by atoms with Crippen molar-refractivity contribution in [1.82, 2.24) is 4.90 Å². The lowest BCUT2D eigenvalue weighted by Gasteiger charge is -2.48. The number of likely N-dealkylation sites (tertiary alicyclic amines) is 1. The van der Waals surface area contributed by atoms with E-state index in [2.05, 4.69) is 0 Å². The third-order valence-electron chi connectivity index (χ3n) is 6.61. The molecule has 5 rings (SSSR count). The van der Waals surface area contributed by atoms with Gasteiger partial charge in [0.1, 0.15) is 6.04 Å². The maximum absolute atomic E-state index is 13.2. The number of carboxylic acid groups (broad SMARTS) is 1. The molecule has 1 amide bonds. The molecule has 4 heteroatoms. The van der Waals surface area contributed by atoms with Gasteiger partial charge in [0.05, 0.1) is 5.41 Å². The van der Waals surface area contributed by atoms with E-state index in [9.17, 15) is 14.7 Å². The van der Waals surface area contributed by atoms with Gasteiger partial charge in [-0.05, 0) is 62.7 Å². The number of carbonyl (C=O) groups excluding carboxylic acids is 1. The number of nitrogens with zero attached hydrogens (tertiary/aromatic N) is 1. The molecule has 0 radical (unpaired) electrons. The Balaban J connectivity index is 1.62. The Kier molecular flexibility index (Phi) is 3.05. The van der Waals surface area contributed by atoms with Gasteiger partial charge in [-0.15, -0.1) is 0 Å². The van der Waals surface area contributed by atoms with E-state index < -0.39 is 12.0 Å². The summed E-state index contributed by atoms with van der Waals surface area (Å²) in [6.45, 7) is 0.650. The Morgan fingerprint density at radius 2 is 1.57 bits per heavy atom. The molecule has 116 valence electrons. The first-order valence-corrected chi connectivity index (χ1v) is 8.61. The van der Waals surface area contributed by atoms with Crippen molar-refractivity contribution in [2.75, 3.05) is 6.54 Å². The van der Waals surface area contributed by atoms with E-state index in [0.29, 0.717) is 24.8 Å². The summed E-state index contributed by atoms with van der Waals surface area (Å²) in [6, 6.07) is -0.563. The number of amides is 1. The molecule has 4 nitrogen and oxygen atoms in total. The molecule has 4 bridgehead atoms. The minimum absolute atomic E-state index is 0.189. The minimum Gasteiger partial charge on any atom is -0.480 e. The Labute approximate surface area is 125 Å². The molecule has 0 spiro atoms. The molecule has 0 aromatic rings. The van der Waals surface area contributed by atoms with E-state index >= 15 is 0 Å². The fourth-order valence-corrected chi connectivity index (χ4v) is 6.02. The van der Waals surface area contributed by atoms with Crippen molar-refractivity contribution in [3.05, 3.63) is 0 Å². The zero-order chi connectivity index (χ0) is 14.6. The predicted octanol–water partition coefficient (Wildman–Crippen LogP) is 2.67. The van der Waals surface area contributed by atoms with E-state index in [1.54, 1.807) is 4.90 Å². The van der Waals surface area contributed by atoms with Crippen LogP contribution in [0.1, 0.15) is 57.8 Å². The summed E-state index contributed by atoms with van der Waals surface area (Å²) < 4.78 is 0. The standard InChI is InChI=1S/C17H25NO3/c19-15(20)14-2-1-5-18(14)16(21)17-8-11-3-4-12(9-17)7-13(6-11)10-17/h11-14H,1-10H2,(H,19,20)/t11-,12-,13?,14-,17?/m1/s1. The van der Waals surface area contributed by atoms with Crippen LogP contribution in [0.4, 0.5) is 0 Å². The summed E-state index contributed by atoms with van der Waals surface area (Å²) in [5.41, 5.74) is -0.203. The average molecular weight is 291 g/mol. The lowest BCUT2D eigenvalue weighted by Crippen LogP contribution is -2.52. The van der Waals surface area contributed by atoms with Crippen LogP contribution in [0, 0.1) is 23.2 Å². The summed E-state index contributed by atoms with van der Waals surface area (Å²) in [5.74, 6) is 1.52. The molecular formula is C17H25NO3. The highest BCUT2D eigenvalue weighted by Gasteiger charge is 2.55. The zero-order valence-electron chi connectivity index (χ0n) is 12.6. The zero-order valence-corrected chi connectivity index (χ0v) is 12.6. The maximum atomic E-state index is 13.2. The van der Waals surface area contributed by atoms with Crippen molar-refractivity contribution < 1.29 is 14.7 Å². The number of carbonyl (C=O) groups is 2. The van der Waals surface area contributed by atoms with Crippen LogP contribution in [0.3, 0.4) is 0 Å². The van der Waals surface area contributed by atoms with Crippen molar-refractivity contribution in [3.8, 4) is 0 Å². The average Bonchev–Trinajstić information content (AvgIpc) is 2.83. The number of carboxylic acids is 1. The van der Waals surface area contributed by atoms with Gasteiger partial charge in [-0.2, -0.15) is 0 Å². The molecule has 21 heavy (non-hydrogen) atoms. The SMILES string of the molecule is O=C(O)[C@H]1CCCN1C(=O)C12CC3C[C@@H](CC[C@H](C3)C1)C2. The molecule has 0 unspecified atom stereocenters. The summed E-state index contributed by atoms with van der Waals surface area (Å²) in [7, 11) is 0. The Morgan fingerprint density at radius 1 is 0.952 bits per heavy atom. The largest absolute Gasteiger partial charge is 0.480 e. The smallest absolute Gasteiger partial charge is 0.326 e. The number of rotatable bonds is 2. The molecule has 3 atom stereocenters. The second kappa shape index (κ2) is 4.72. The number of aliphatic carboxylic acids is 1. The van der Waals surface area contributed by atoms with Gasteiger partial charge in [0, 0.05) is 6.54 Å². The fraction of sp³-hybridized carbons (Fsp3) is 0.882. The quantitative estimate of drug-likeness (QED) is 0.851. The third-order valence-corrected chi connectivity index (χ3v) is 6.61. The van der Waals surface area contributed by atoms with Crippen LogP contribution in [0.15, 0.2) is 0 Å². The second-order valence-electron chi connectivity index (χ2n) is 8.03. The normalized spacial score (nSPS) is 44.9. The summed E-state index contributed by atoms with van der Waals surface area (Å²) >= 11 is 0. The molecule has 1 saturated heterocycles. The maximum Gasteiger partial charge on any atom is 0.326 e. The Hall–Kier alpha value is -1.06. The van der Waals surface area contributed by atoms with Crippen LogP contribution < -0.4 is 0 Å². The fourth-order valence-electron chi connectivity index (χ4n) is 6.02. The molecule has 5 aliphatic rings. The molecule has 5 fully saturated rings. The van der Waals surface area contributed by atoms with Crippen molar-refractivity contribution in [2.45, 2.75) is 63.8 Å². The molecule has 4 aliphatic carbocycles. The molecule has 1 aliphatic heterocycles. The first-order chi connectivity index (χ1) is 10.1. The summed E-state index contributed by atoms with van der Waals surface area (Å²) in [5, 5.41) is 9.38. The van der Waals surface area contributed by atoms with Gasteiger partial charge in [0.2, 0.25) is 5.91 Å².